The van der Waals surface area contributed by atoms with Crippen molar-refractivity contribution in [1.29, 1.82) is 0 Å². The van der Waals surface area contributed by atoms with E-state index in [1.165, 1.54) is 10.6 Å². The molecule has 1 N–H and O–H groups in total. The topological polar surface area (TPSA) is 63.6 Å². The highest BCUT2D eigenvalue weighted by Crippen LogP contribution is 2.27. The molecule has 0 bridgehead atoms. The first-order valence-electron chi connectivity index (χ1n) is 8.57. The van der Waals surface area contributed by atoms with E-state index in [0.29, 0.717) is 30.3 Å². The van der Waals surface area contributed by atoms with E-state index >= 15 is 0 Å². The molecule has 0 radical (unpaired) electrons. The number of benzene rings is 1. The standard InChI is InChI=1S/C19H22ClN3O3/c1-22-7-6-14(12-18(22)24)19(25)21-13-17(23-8-10-26-11-9-23)15-4-2-3-5-16(15)20/h2-7,12,17H,8-11,13H2,1H3,(H,21,25)/t17-/m0/s1. The molecule has 26 heavy (non-hydrogen) atoms. The van der Waals surface area contributed by atoms with Gasteiger partial charge in [-0.05, 0) is 17.7 Å². The van der Waals surface area contributed by atoms with Crippen molar-refractivity contribution in [3.05, 3.63) is 69.1 Å². The van der Waals surface area contributed by atoms with E-state index in [-0.39, 0.29) is 17.5 Å². The summed E-state index contributed by atoms with van der Waals surface area (Å²) in [5.41, 5.74) is 1.11. The summed E-state index contributed by atoms with van der Waals surface area (Å²) >= 11 is 6.39. The number of carbonyl (C=O) groups is 1. The number of hydrogen-bond donors (Lipinski definition) is 1. The molecule has 1 aliphatic heterocycles. The lowest BCUT2D eigenvalue weighted by atomic mass is 10.0. The Labute approximate surface area is 157 Å². The minimum atomic E-state index is -0.270. The lowest BCUT2D eigenvalue weighted by Crippen LogP contribution is -2.44. The third kappa shape index (κ3) is 4.33. The Bertz CT molecular complexity index is 831. The van der Waals surface area contributed by atoms with Crippen LogP contribution in [-0.2, 0) is 11.8 Å². The van der Waals surface area contributed by atoms with Crippen LogP contribution in [0.25, 0.3) is 0 Å². The van der Waals surface area contributed by atoms with E-state index in [1.807, 2.05) is 24.3 Å². The van der Waals surface area contributed by atoms with Gasteiger partial charge in [-0.25, -0.2) is 0 Å². The van der Waals surface area contributed by atoms with E-state index in [2.05, 4.69) is 10.2 Å². The number of morpholine rings is 1. The molecule has 0 unspecified atom stereocenters. The van der Waals surface area contributed by atoms with Gasteiger partial charge in [-0.15, -0.1) is 0 Å². The number of aromatic nitrogens is 1. The van der Waals surface area contributed by atoms with Crippen LogP contribution in [-0.4, -0.2) is 48.2 Å². The van der Waals surface area contributed by atoms with Crippen LogP contribution in [0.4, 0.5) is 0 Å². The van der Waals surface area contributed by atoms with E-state index < -0.39 is 0 Å². The molecule has 0 aliphatic carbocycles. The number of hydrogen-bond acceptors (Lipinski definition) is 4. The average Bonchev–Trinajstić information content (AvgIpc) is 2.66. The van der Waals surface area contributed by atoms with E-state index in [0.717, 1.165) is 18.7 Å². The van der Waals surface area contributed by atoms with E-state index in [9.17, 15) is 9.59 Å². The fourth-order valence-electron chi connectivity index (χ4n) is 3.05. The first-order valence-corrected chi connectivity index (χ1v) is 8.95. The molecule has 1 aromatic heterocycles. The number of aryl methyl sites for hydroxylation is 1. The Balaban J connectivity index is 1.77. The maximum atomic E-state index is 12.5. The zero-order valence-corrected chi connectivity index (χ0v) is 15.4. The largest absolute Gasteiger partial charge is 0.379 e. The highest BCUT2D eigenvalue weighted by Gasteiger charge is 2.25. The van der Waals surface area contributed by atoms with Gasteiger partial charge in [-0.3, -0.25) is 14.5 Å². The third-order valence-corrected chi connectivity index (χ3v) is 4.92. The van der Waals surface area contributed by atoms with Gasteiger partial charge >= 0.3 is 0 Å². The molecule has 2 heterocycles. The Hall–Kier alpha value is -2.15. The van der Waals surface area contributed by atoms with Gasteiger partial charge in [0.1, 0.15) is 0 Å². The van der Waals surface area contributed by atoms with Crippen molar-refractivity contribution < 1.29 is 9.53 Å². The van der Waals surface area contributed by atoms with Crippen LogP contribution in [0, 0.1) is 0 Å². The highest BCUT2D eigenvalue weighted by molar-refractivity contribution is 6.31. The first-order chi connectivity index (χ1) is 12.6. The third-order valence-electron chi connectivity index (χ3n) is 4.57. The minimum Gasteiger partial charge on any atom is -0.379 e. The van der Waals surface area contributed by atoms with Gasteiger partial charge in [0, 0.05) is 49.5 Å². The van der Waals surface area contributed by atoms with Crippen molar-refractivity contribution in [3.63, 3.8) is 0 Å². The molecular weight excluding hydrogens is 354 g/mol. The zero-order valence-electron chi connectivity index (χ0n) is 14.7. The fourth-order valence-corrected chi connectivity index (χ4v) is 3.31. The Morgan fingerprint density at radius 3 is 2.69 bits per heavy atom. The summed E-state index contributed by atoms with van der Waals surface area (Å²) in [6.45, 7) is 3.26. The van der Waals surface area contributed by atoms with Crippen molar-refractivity contribution in [2.24, 2.45) is 7.05 Å². The quantitative estimate of drug-likeness (QED) is 0.866. The molecule has 2 aromatic rings. The number of ether oxygens (including phenoxy) is 1. The van der Waals surface area contributed by atoms with Crippen molar-refractivity contribution in [2.45, 2.75) is 6.04 Å². The second-order valence-corrected chi connectivity index (χ2v) is 6.67. The maximum absolute atomic E-state index is 12.5. The Morgan fingerprint density at radius 1 is 1.27 bits per heavy atom. The van der Waals surface area contributed by atoms with Gasteiger partial charge in [-0.1, -0.05) is 29.8 Å². The van der Waals surface area contributed by atoms with Gasteiger partial charge in [0.25, 0.3) is 11.5 Å². The molecule has 1 fully saturated rings. The van der Waals surface area contributed by atoms with E-state index in [1.54, 1.807) is 19.3 Å². The molecule has 0 saturated carbocycles. The Morgan fingerprint density at radius 2 is 2.00 bits per heavy atom. The maximum Gasteiger partial charge on any atom is 0.251 e. The Kier molecular flexibility index (Phi) is 6.08. The second-order valence-electron chi connectivity index (χ2n) is 6.26. The van der Waals surface area contributed by atoms with Gasteiger partial charge < -0.3 is 14.6 Å². The first kappa shape index (κ1) is 18.6. The molecule has 7 heteroatoms. The summed E-state index contributed by atoms with van der Waals surface area (Å²) in [5, 5.41) is 3.61. The summed E-state index contributed by atoms with van der Waals surface area (Å²) in [4.78, 5) is 26.5. The molecule has 0 spiro atoms. The van der Waals surface area contributed by atoms with Crippen LogP contribution in [0.15, 0.2) is 47.4 Å². The van der Waals surface area contributed by atoms with Crippen LogP contribution < -0.4 is 10.9 Å². The SMILES string of the molecule is Cn1ccc(C(=O)NC[C@@H](c2ccccc2Cl)N2CCOCC2)cc1=O. The number of halogens is 1. The van der Waals surface area contributed by atoms with Crippen LogP contribution >= 0.6 is 11.6 Å². The number of rotatable bonds is 5. The summed E-state index contributed by atoms with van der Waals surface area (Å²) in [7, 11) is 1.65. The minimum absolute atomic E-state index is 0.0527. The lowest BCUT2D eigenvalue weighted by molar-refractivity contribution is 0.0162. The highest BCUT2D eigenvalue weighted by atomic mass is 35.5. The molecule has 3 rings (SSSR count). The molecular formula is C19H22ClN3O3. The van der Waals surface area contributed by atoms with Crippen LogP contribution in [0.1, 0.15) is 22.0 Å². The average molecular weight is 376 g/mol. The van der Waals surface area contributed by atoms with Crippen LogP contribution in [0.2, 0.25) is 5.02 Å². The zero-order chi connectivity index (χ0) is 18.5. The van der Waals surface area contributed by atoms with Gasteiger partial charge in [-0.2, -0.15) is 0 Å². The van der Waals surface area contributed by atoms with Crippen molar-refractivity contribution in [3.8, 4) is 0 Å². The molecule has 1 amide bonds. The normalized spacial score (nSPS) is 16.2. The molecule has 1 atom stereocenters. The van der Waals surface area contributed by atoms with E-state index in [4.69, 9.17) is 16.3 Å². The molecule has 138 valence electrons. The van der Waals surface area contributed by atoms with Gasteiger partial charge in [0.05, 0.1) is 19.3 Å². The lowest BCUT2D eigenvalue weighted by Gasteiger charge is -2.35. The smallest absolute Gasteiger partial charge is 0.251 e. The van der Waals surface area contributed by atoms with Crippen molar-refractivity contribution in [2.75, 3.05) is 32.8 Å². The number of nitrogens with one attached hydrogen (secondary N) is 1. The summed E-state index contributed by atoms with van der Waals surface area (Å²) in [5.74, 6) is -0.270. The predicted octanol–water partition coefficient (Wildman–Crippen LogP) is 1.84. The monoisotopic (exact) mass is 375 g/mol. The molecule has 1 aliphatic rings. The summed E-state index contributed by atoms with van der Waals surface area (Å²) in [6, 6.07) is 10.6. The molecule has 1 aromatic carbocycles. The van der Waals surface area contributed by atoms with Crippen molar-refractivity contribution >= 4 is 17.5 Å². The van der Waals surface area contributed by atoms with Crippen molar-refractivity contribution in [1.82, 2.24) is 14.8 Å². The molecule has 6 nitrogen and oxygen atoms in total. The van der Waals surface area contributed by atoms with Crippen LogP contribution in [0.3, 0.4) is 0 Å². The van der Waals surface area contributed by atoms with Gasteiger partial charge in [0.15, 0.2) is 0 Å². The number of amides is 1. The number of nitrogens with zero attached hydrogens (tertiary/aromatic N) is 2. The summed E-state index contributed by atoms with van der Waals surface area (Å²) in [6.07, 6.45) is 1.59. The second kappa shape index (κ2) is 8.49. The summed E-state index contributed by atoms with van der Waals surface area (Å²) < 4.78 is 6.86. The fraction of sp³-hybridized carbons (Fsp3) is 0.368. The van der Waals surface area contributed by atoms with Crippen LogP contribution in [0.5, 0.6) is 0 Å². The molecule has 1 saturated heterocycles. The number of carbonyl (C=O) groups excluding carboxylic acids is 1. The number of pyridine rings is 1. The van der Waals surface area contributed by atoms with Gasteiger partial charge in [0.2, 0.25) is 0 Å². The predicted molar refractivity (Wildman–Crippen MR) is 101 cm³/mol.